The van der Waals surface area contributed by atoms with E-state index >= 15 is 0 Å². The first-order valence-electron chi connectivity index (χ1n) is 5.35. The fourth-order valence-electron chi connectivity index (χ4n) is 1.98. The van der Waals surface area contributed by atoms with Gasteiger partial charge in [-0.25, -0.2) is 9.78 Å². The smallest absolute Gasteiger partial charge is 0.337 e. The van der Waals surface area contributed by atoms with Crippen LogP contribution in [0.4, 0.5) is 0 Å². The summed E-state index contributed by atoms with van der Waals surface area (Å²) in [6.45, 7) is 0. The molecule has 90 valence electrons. The Balaban J connectivity index is 2.38. The third kappa shape index (κ3) is 1.54. The van der Waals surface area contributed by atoms with Crippen molar-refractivity contribution in [3.8, 4) is 0 Å². The van der Waals surface area contributed by atoms with Gasteiger partial charge in [-0.15, -0.1) is 0 Å². The SMILES string of the molecule is COC(=O)c1ccc2nc(Cl)c3cccn3c2c1. The Morgan fingerprint density at radius 3 is 2.94 bits per heavy atom. The molecule has 0 saturated carbocycles. The molecule has 3 aromatic rings. The normalized spacial score (nSPS) is 11.0. The van der Waals surface area contributed by atoms with E-state index in [2.05, 4.69) is 4.98 Å². The Morgan fingerprint density at radius 1 is 1.33 bits per heavy atom. The molecule has 0 aliphatic carbocycles. The molecule has 5 heteroatoms. The van der Waals surface area contributed by atoms with E-state index in [0.29, 0.717) is 10.7 Å². The lowest BCUT2D eigenvalue weighted by Crippen LogP contribution is -2.02. The average Bonchev–Trinajstić information content (AvgIpc) is 2.88. The number of benzene rings is 1. The van der Waals surface area contributed by atoms with Crippen LogP contribution in [0, 0.1) is 0 Å². The van der Waals surface area contributed by atoms with Crippen LogP contribution in [0.5, 0.6) is 0 Å². The summed E-state index contributed by atoms with van der Waals surface area (Å²) in [6.07, 6.45) is 1.88. The Hall–Kier alpha value is -2.07. The van der Waals surface area contributed by atoms with Gasteiger partial charge in [0, 0.05) is 6.20 Å². The molecule has 0 atom stereocenters. The first-order valence-corrected chi connectivity index (χ1v) is 5.73. The van der Waals surface area contributed by atoms with Crippen LogP contribution in [0.3, 0.4) is 0 Å². The number of methoxy groups -OCH3 is 1. The molecule has 0 fully saturated rings. The molecule has 3 rings (SSSR count). The van der Waals surface area contributed by atoms with Crippen LogP contribution in [-0.2, 0) is 4.74 Å². The summed E-state index contributed by atoms with van der Waals surface area (Å²) < 4.78 is 6.61. The highest BCUT2D eigenvalue weighted by molar-refractivity contribution is 6.33. The molecule has 1 aromatic carbocycles. The maximum Gasteiger partial charge on any atom is 0.337 e. The zero-order valence-electron chi connectivity index (χ0n) is 9.55. The third-order valence-corrected chi connectivity index (χ3v) is 3.11. The van der Waals surface area contributed by atoms with E-state index in [1.165, 1.54) is 7.11 Å². The van der Waals surface area contributed by atoms with Crippen molar-refractivity contribution < 1.29 is 9.53 Å². The molecule has 0 spiro atoms. The molecule has 0 bridgehead atoms. The van der Waals surface area contributed by atoms with Gasteiger partial charge in [0.15, 0.2) is 5.15 Å². The van der Waals surface area contributed by atoms with Crippen LogP contribution in [0.15, 0.2) is 36.5 Å². The molecular weight excluding hydrogens is 252 g/mol. The molecule has 4 nitrogen and oxygen atoms in total. The molecule has 0 amide bonds. The molecule has 0 aliphatic rings. The third-order valence-electron chi connectivity index (χ3n) is 2.83. The Bertz CT molecular complexity index is 764. The maximum absolute atomic E-state index is 11.5. The number of aromatic nitrogens is 2. The summed E-state index contributed by atoms with van der Waals surface area (Å²) >= 11 is 6.08. The van der Waals surface area contributed by atoms with Gasteiger partial charge in [0.2, 0.25) is 0 Å². The number of fused-ring (bicyclic) bond motifs is 3. The van der Waals surface area contributed by atoms with Crippen molar-refractivity contribution in [3.05, 3.63) is 47.2 Å². The number of hydrogen-bond donors (Lipinski definition) is 0. The van der Waals surface area contributed by atoms with Gasteiger partial charge in [-0.3, -0.25) is 0 Å². The lowest BCUT2D eigenvalue weighted by atomic mass is 10.2. The minimum absolute atomic E-state index is 0.368. The molecule has 0 radical (unpaired) electrons. The average molecular weight is 261 g/mol. The predicted octanol–water partition coefficient (Wildman–Crippen LogP) is 2.93. The Labute approximate surface area is 108 Å². The summed E-state index contributed by atoms with van der Waals surface area (Å²) in [5.41, 5.74) is 2.86. The zero-order valence-corrected chi connectivity index (χ0v) is 10.3. The van der Waals surface area contributed by atoms with Gasteiger partial charge in [-0.1, -0.05) is 11.6 Å². The van der Waals surface area contributed by atoms with Crippen molar-refractivity contribution in [2.24, 2.45) is 0 Å². The second-order valence-corrected chi connectivity index (χ2v) is 4.22. The second-order valence-electron chi connectivity index (χ2n) is 3.86. The summed E-state index contributed by atoms with van der Waals surface area (Å²) in [7, 11) is 1.36. The molecule has 2 heterocycles. The predicted molar refractivity (Wildman–Crippen MR) is 69.0 cm³/mol. The number of halogens is 1. The lowest BCUT2D eigenvalue weighted by molar-refractivity contribution is 0.0601. The second kappa shape index (κ2) is 3.99. The van der Waals surface area contributed by atoms with Crippen molar-refractivity contribution in [2.75, 3.05) is 7.11 Å². The van der Waals surface area contributed by atoms with E-state index < -0.39 is 0 Å². The number of hydrogen-bond acceptors (Lipinski definition) is 3. The number of carbonyl (C=O) groups excluding carboxylic acids is 1. The first-order chi connectivity index (χ1) is 8.70. The van der Waals surface area contributed by atoms with Crippen molar-refractivity contribution in [1.82, 2.24) is 9.38 Å². The summed E-state index contributed by atoms with van der Waals surface area (Å²) in [6, 6.07) is 8.93. The van der Waals surface area contributed by atoms with Gasteiger partial charge in [-0.05, 0) is 30.3 Å². The van der Waals surface area contributed by atoms with Crippen LogP contribution in [0.25, 0.3) is 16.6 Å². The van der Waals surface area contributed by atoms with Crippen LogP contribution < -0.4 is 0 Å². The highest BCUT2D eigenvalue weighted by Gasteiger charge is 2.10. The fraction of sp³-hybridized carbons (Fsp3) is 0.0769. The quantitative estimate of drug-likeness (QED) is 0.632. The van der Waals surface area contributed by atoms with Crippen LogP contribution in [0.1, 0.15) is 10.4 Å². The van der Waals surface area contributed by atoms with Gasteiger partial charge in [0.1, 0.15) is 0 Å². The van der Waals surface area contributed by atoms with E-state index in [-0.39, 0.29) is 5.97 Å². The van der Waals surface area contributed by atoms with Gasteiger partial charge in [0.05, 0.1) is 29.2 Å². The van der Waals surface area contributed by atoms with Gasteiger partial charge >= 0.3 is 5.97 Å². The Morgan fingerprint density at radius 2 is 2.17 bits per heavy atom. The molecular formula is C13H9ClN2O2. The maximum atomic E-state index is 11.5. The van der Waals surface area contributed by atoms with Crippen LogP contribution in [-0.4, -0.2) is 22.5 Å². The van der Waals surface area contributed by atoms with E-state index in [0.717, 1.165) is 16.6 Å². The number of rotatable bonds is 1. The van der Waals surface area contributed by atoms with E-state index in [1.807, 2.05) is 22.7 Å². The Kier molecular flexibility index (Phi) is 2.45. The van der Waals surface area contributed by atoms with Crippen molar-refractivity contribution in [1.29, 1.82) is 0 Å². The topological polar surface area (TPSA) is 43.6 Å². The van der Waals surface area contributed by atoms with Crippen LogP contribution >= 0.6 is 11.6 Å². The molecule has 0 unspecified atom stereocenters. The lowest BCUT2D eigenvalue weighted by Gasteiger charge is -2.06. The highest BCUT2D eigenvalue weighted by Crippen LogP contribution is 2.23. The van der Waals surface area contributed by atoms with Gasteiger partial charge in [0.25, 0.3) is 0 Å². The highest BCUT2D eigenvalue weighted by atomic mass is 35.5. The summed E-state index contributed by atoms with van der Waals surface area (Å²) in [5.74, 6) is -0.368. The summed E-state index contributed by atoms with van der Waals surface area (Å²) in [4.78, 5) is 15.8. The van der Waals surface area contributed by atoms with Crippen LogP contribution in [0.2, 0.25) is 5.15 Å². The first kappa shape index (κ1) is 11.0. The van der Waals surface area contributed by atoms with E-state index in [4.69, 9.17) is 16.3 Å². The van der Waals surface area contributed by atoms with E-state index in [9.17, 15) is 4.79 Å². The van der Waals surface area contributed by atoms with Crippen molar-refractivity contribution >= 4 is 34.1 Å². The molecule has 0 saturated heterocycles. The number of nitrogens with zero attached hydrogens (tertiary/aromatic N) is 2. The zero-order chi connectivity index (χ0) is 12.7. The van der Waals surface area contributed by atoms with Gasteiger partial charge < -0.3 is 9.14 Å². The molecule has 2 aromatic heterocycles. The van der Waals surface area contributed by atoms with Crippen molar-refractivity contribution in [2.45, 2.75) is 0 Å². The van der Waals surface area contributed by atoms with Crippen molar-refractivity contribution in [3.63, 3.8) is 0 Å². The molecule has 0 aliphatic heterocycles. The monoisotopic (exact) mass is 260 g/mol. The number of esters is 1. The number of carbonyl (C=O) groups is 1. The molecule has 0 N–H and O–H groups in total. The largest absolute Gasteiger partial charge is 0.465 e. The summed E-state index contributed by atoms with van der Waals surface area (Å²) in [5, 5.41) is 0.443. The fourth-order valence-corrected chi connectivity index (χ4v) is 2.22. The molecule has 18 heavy (non-hydrogen) atoms. The minimum Gasteiger partial charge on any atom is -0.465 e. The number of ether oxygens (including phenoxy) is 1. The standard InChI is InChI=1S/C13H9ClN2O2/c1-18-13(17)8-4-5-9-11(7-8)16-6-2-3-10(16)12(14)15-9/h2-7H,1H3. The minimum atomic E-state index is -0.368. The van der Waals surface area contributed by atoms with Gasteiger partial charge in [-0.2, -0.15) is 0 Å². The van der Waals surface area contributed by atoms with E-state index in [1.54, 1.807) is 18.2 Å².